The normalized spacial score (nSPS) is 12.5. The van der Waals surface area contributed by atoms with Gasteiger partial charge in [0.1, 0.15) is 11.6 Å². The highest BCUT2D eigenvalue weighted by Crippen LogP contribution is 2.11. The van der Waals surface area contributed by atoms with Crippen LogP contribution in [0.1, 0.15) is 12.5 Å². The molecule has 0 aliphatic carbocycles. The molecule has 1 aromatic carbocycles. The van der Waals surface area contributed by atoms with Crippen LogP contribution in [0.25, 0.3) is 0 Å². The maximum Gasteiger partial charge on any atom is 0.153 e. The molecule has 4 heteroatoms. The standard InChI is InChI=1S/C11H13F2NO/c1-7(14-2)11(15)6-8-5-9(12)3-4-10(8)13/h3-5,7,14H,6H2,1-2H3. The molecule has 0 radical (unpaired) electrons. The molecule has 0 aliphatic heterocycles. The minimum absolute atomic E-state index is 0.0917. The molecule has 0 spiro atoms. The summed E-state index contributed by atoms with van der Waals surface area (Å²) in [5, 5.41) is 2.75. The van der Waals surface area contributed by atoms with Crippen LogP contribution in [0.15, 0.2) is 18.2 Å². The molecule has 0 saturated carbocycles. The zero-order chi connectivity index (χ0) is 11.4. The fourth-order valence-corrected chi connectivity index (χ4v) is 1.18. The third-order valence-electron chi connectivity index (χ3n) is 2.29. The summed E-state index contributed by atoms with van der Waals surface area (Å²) in [6, 6.07) is 2.76. The Kier molecular flexibility index (Phi) is 3.91. The highest BCUT2D eigenvalue weighted by atomic mass is 19.1. The molecule has 0 fully saturated rings. The average molecular weight is 213 g/mol. The number of likely N-dealkylation sites (N-methyl/N-ethyl adjacent to an activating group) is 1. The van der Waals surface area contributed by atoms with Gasteiger partial charge in [-0.15, -0.1) is 0 Å². The van der Waals surface area contributed by atoms with Gasteiger partial charge in [0, 0.05) is 6.42 Å². The van der Waals surface area contributed by atoms with Crippen molar-refractivity contribution in [3.05, 3.63) is 35.4 Å². The summed E-state index contributed by atoms with van der Waals surface area (Å²) in [7, 11) is 1.64. The van der Waals surface area contributed by atoms with Gasteiger partial charge < -0.3 is 5.32 Å². The Bertz CT molecular complexity index is 366. The molecule has 15 heavy (non-hydrogen) atoms. The summed E-state index contributed by atoms with van der Waals surface area (Å²) in [5.74, 6) is -1.24. The van der Waals surface area contributed by atoms with E-state index < -0.39 is 11.6 Å². The van der Waals surface area contributed by atoms with Crippen LogP contribution in [0.4, 0.5) is 8.78 Å². The van der Waals surface area contributed by atoms with Crippen molar-refractivity contribution in [1.29, 1.82) is 0 Å². The largest absolute Gasteiger partial charge is 0.311 e. The van der Waals surface area contributed by atoms with Gasteiger partial charge in [-0.25, -0.2) is 8.78 Å². The zero-order valence-electron chi connectivity index (χ0n) is 8.68. The van der Waals surface area contributed by atoms with Gasteiger partial charge in [0.15, 0.2) is 5.78 Å². The van der Waals surface area contributed by atoms with Gasteiger partial charge in [0.2, 0.25) is 0 Å². The van der Waals surface area contributed by atoms with Gasteiger partial charge in [-0.05, 0) is 37.7 Å². The monoisotopic (exact) mass is 213 g/mol. The predicted octanol–water partition coefficient (Wildman–Crippen LogP) is 1.68. The average Bonchev–Trinajstić information content (AvgIpc) is 2.22. The van der Waals surface area contributed by atoms with Crippen LogP contribution in [-0.2, 0) is 11.2 Å². The van der Waals surface area contributed by atoms with Gasteiger partial charge >= 0.3 is 0 Å². The maximum atomic E-state index is 13.2. The van der Waals surface area contributed by atoms with E-state index in [1.54, 1.807) is 14.0 Å². The van der Waals surface area contributed by atoms with Gasteiger partial charge in [0.25, 0.3) is 0 Å². The smallest absolute Gasteiger partial charge is 0.153 e. The second-order valence-electron chi connectivity index (χ2n) is 3.39. The van der Waals surface area contributed by atoms with E-state index in [2.05, 4.69) is 5.32 Å². The second kappa shape index (κ2) is 4.98. The summed E-state index contributed by atoms with van der Waals surface area (Å²) in [4.78, 5) is 11.5. The predicted molar refractivity (Wildman–Crippen MR) is 53.6 cm³/mol. The quantitative estimate of drug-likeness (QED) is 0.824. The van der Waals surface area contributed by atoms with Crippen molar-refractivity contribution < 1.29 is 13.6 Å². The number of rotatable bonds is 4. The van der Waals surface area contributed by atoms with E-state index in [-0.39, 0.29) is 23.8 Å². The van der Waals surface area contributed by atoms with Gasteiger partial charge in [0.05, 0.1) is 6.04 Å². The molecule has 0 heterocycles. The maximum absolute atomic E-state index is 13.2. The van der Waals surface area contributed by atoms with Crippen molar-refractivity contribution in [2.24, 2.45) is 0 Å². The van der Waals surface area contributed by atoms with Crippen LogP contribution in [0.3, 0.4) is 0 Å². The van der Waals surface area contributed by atoms with E-state index in [4.69, 9.17) is 0 Å². The molecular formula is C11H13F2NO. The lowest BCUT2D eigenvalue weighted by atomic mass is 10.0. The SMILES string of the molecule is CNC(C)C(=O)Cc1cc(F)ccc1F. The van der Waals surface area contributed by atoms with Crippen molar-refractivity contribution >= 4 is 5.78 Å². The lowest BCUT2D eigenvalue weighted by molar-refractivity contribution is -0.119. The van der Waals surface area contributed by atoms with E-state index in [1.807, 2.05) is 0 Å². The van der Waals surface area contributed by atoms with Crippen LogP contribution < -0.4 is 5.32 Å². The summed E-state index contributed by atoms with van der Waals surface area (Å²) >= 11 is 0. The van der Waals surface area contributed by atoms with Crippen LogP contribution in [0, 0.1) is 11.6 Å². The first kappa shape index (κ1) is 11.8. The summed E-state index contributed by atoms with van der Waals surface area (Å²) in [6.07, 6.45) is -0.0917. The highest BCUT2D eigenvalue weighted by molar-refractivity contribution is 5.85. The molecule has 1 aromatic rings. The number of carbonyl (C=O) groups is 1. The number of hydrogen-bond donors (Lipinski definition) is 1. The molecule has 0 saturated heterocycles. The molecule has 1 N–H and O–H groups in total. The Morgan fingerprint density at radius 1 is 1.47 bits per heavy atom. The lowest BCUT2D eigenvalue weighted by Gasteiger charge is -2.09. The molecule has 82 valence electrons. The number of Topliss-reactive ketones (excluding diaryl/α,β-unsaturated/α-hetero) is 1. The van der Waals surface area contributed by atoms with Crippen LogP contribution >= 0.6 is 0 Å². The fourth-order valence-electron chi connectivity index (χ4n) is 1.18. The summed E-state index contributed by atoms with van der Waals surface area (Å²) < 4.78 is 25.9. The first-order valence-electron chi connectivity index (χ1n) is 4.68. The number of nitrogens with one attached hydrogen (secondary N) is 1. The Morgan fingerprint density at radius 2 is 2.13 bits per heavy atom. The molecule has 0 amide bonds. The Labute approximate surface area is 87.3 Å². The molecular weight excluding hydrogens is 200 g/mol. The van der Waals surface area contributed by atoms with Crippen molar-refractivity contribution in [2.45, 2.75) is 19.4 Å². The number of benzene rings is 1. The van der Waals surface area contributed by atoms with Crippen LogP contribution in [0.2, 0.25) is 0 Å². The third kappa shape index (κ3) is 3.09. The number of halogens is 2. The number of ketones is 1. The highest BCUT2D eigenvalue weighted by Gasteiger charge is 2.14. The van der Waals surface area contributed by atoms with E-state index in [0.29, 0.717) is 0 Å². The molecule has 0 bridgehead atoms. The summed E-state index contributed by atoms with van der Waals surface area (Å²) in [5.41, 5.74) is 0.0992. The molecule has 1 unspecified atom stereocenters. The summed E-state index contributed by atoms with van der Waals surface area (Å²) in [6.45, 7) is 1.68. The van der Waals surface area contributed by atoms with Crippen molar-refractivity contribution in [1.82, 2.24) is 5.32 Å². The zero-order valence-corrected chi connectivity index (χ0v) is 8.68. The van der Waals surface area contributed by atoms with Crippen molar-refractivity contribution in [2.75, 3.05) is 7.05 Å². The minimum atomic E-state index is -0.548. The molecule has 0 aromatic heterocycles. The third-order valence-corrected chi connectivity index (χ3v) is 2.29. The minimum Gasteiger partial charge on any atom is -0.311 e. The van der Waals surface area contributed by atoms with E-state index in [0.717, 1.165) is 18.2 Å². The Hall–Kier alpha value is -1.29. The second-order valence-corrected chi connectivity index (χ2v) is 3.39. The van der Waals surface area contributed by atoms with Crippen LogP contribution in [-0.4, -0.2) is 18.9 Å². The van der Waals surface area contributed by atoms with Crippen LogP contribution in [0.5, 0.6) is 0 Å². The van der Waals surface area contributed by atoms with E-state index >= 15 is 0 Å². The molecule has 2 nitrogen and oxygen atoms in total. The lowest BCUT2D eigenvalue weighted by Crippen LogP contribution is -2.32. The van der Waals surface area contributed by atoms with Gasteiger partial charge in [-0.1, -0.05) is 0 Å². The van der Waals surface area contributed by atoms with E-state index in [1.165, 1.54) is 0 Å². The van der Waals surface area contributed by atoms with Gasteiger partial charge in [-0.3, -0.25) is 4.79 Å². The molecule has 1 atom stereocenters. The Morgan fingerprint density at radius 3 is 2.73 bits per heavy atom. The Balaban J connectivity index is 2.80. The first-order chi connectivity index (χ1) is 7.04. The molecule has 1 rings (SSSR count). The number of hydrogen-bond acceptors (Lipinski definition) is 2. The van der Waals surface area contributed by atoms with E-state index in [9.17, 15) is 13.6 Å². The van der Waals surface area contributed by atoms with Gasteiger partial charge in [-0.2, -0.15) is 0 Å². The number of carbonyl (C=O) groups excluding carboxylic acids is 1. The van der Waals surface area contributed by atoms with Crippen molar-refractivity contribution in [3.63, 3.8) is 0 Å². The fraction of sp³-hybridized carbons (Fsp3) is 0.364. The van der Waals surface area contributed by atoms with Crippen molar-refractivity contribution in [3.8, 4) is 0 Å². The first-order valence-corrected chi connectivity index (χ1v) is 4.68. The topological polar surface area (TPSA) is 29.1 Å². The molecule has 0 aliphatic rings.